The molecule has 1 atom stereocenters. The number of nitrogens with zero attached hydrogens (tertiary/aromatic N) is 2. The Balaban J connectivity index is 1.93. The summed E-state index contributed by atoms with van der Waals surface area (Å²) < 4.78 is 25.1. The van der Waals surface area contributed by atoms with Crippen molar-refractivity contribution in [3.8, 4) is 17.2 Å². The van der Waals surface area contributed by atoms with E-state index < -0.39 is 12.0 Å². The van der Waals surface area contributed by atoms with E-state index in [2.05, 4.69) is 20.9 Å². The lowest BCUT2D eigenvalue weighted by Gasteiger charge is -2.25. The van der Waals surface area contributed by atoms with Crippen LogP contribution in [0.4, 0.5) is 0 Å². The zero-order valence-electron chi connectivity index (χ0n) is 23.0. The van der Waals surface area contributed by atoms with Crippen molar-refractivity contribution >= 4 is 50.9 Å². The van der Waals surface area contributed by atoms with Crippen LogP contribution in [-0.2, 0) is 9.53 Å². The Kier molecular flexibility index (Phi) is 9.43. The number of fused-ring (bicyclic) bond motifs is 1. The molecule has 8 nitrogen and oxygen atoms in total. The molecule has 0 amide bonds. The lowest BCUT2D eigenvalue weighted by atomic mass is 9.95. The molecule has 0 aliphatic carbocycles. The largest absolute Gasteiger partial charge is 0.493 e. The minimum Gasteiger partial charge on any atom is -0.493 e. The van der Waals surface area contributed by atoms with Crippen molar-refractivity contribution in [1.29, 1.82) is 0 Å². The molecular formula is C29H30BrClN2O6S. The number of benzene rings is 2. The molecule has 0 spiro atoms. The smallest absolute Gasteiger partial charge is 0.338 e. The standard InChI is InChI=1S/C29H30BrClN2O6S/c1-7-37-26-19(30)11-17(12-20(26)31)13-23-27(34)33-25(18-9-10-21(39-15(3)4)22(14-18)36-6)24(28(35)38-8-2)16(5)32-29(33)40-23/h9-15,25H,7-8H2,1-6H3/b23-13-/t25-/m1/s1. The van der Waals surface area contributed by atoms with E-state index in [4.69, 9.17) is 30.5 Å². The summed E-state index contributed by atoms with van der Waals surface area (Å²) in [6.07, 6.45) is 1.68. The fourth-order valence-electron chi connectivity index (χ4n) is 4.41. The van der Waals surface area contributed by atoms with Gasteiger partial charge in [-0.3, -0.25) is 9.36 Å². The molecule has 0 fully saturated rings. The number of hydrogen-bond donors (Lipinski definition) is 0. The molecule has 212 valence electrons. The van der Waals surface area contributed by atoms with E-state index in [1.54, 1.807) is 45.2 Å². The maximum absolute atomic E-state index is 13.9. The van der Waals surface area contributed by atoms with Gasteiger partial charge in [-0.1, -0.05) is 29.0 Å². The number of methoxy groups -OCH3 is 1. The monoisotopic (exact) mass is 648 g/mol. The zero-order chi connectivity index (χ0) is 29.1. The van der Waals surface area contributed by atoms with Crippen molar-refractivity contribution in [2.75, 3.05) is 20.3 Å². The minimum atomic E-state index is -0.782. The Morgan fingerprint density at radius 3 is 2.58 bits per heavy atom. The summed E-state index contributed by atoms with van der Waals surface area (Å²) in [6.45, 7) is 9.85. The molecule has 40 heavy (non-hydrogen) atoms. The SMILES string of the molecule is CCOC(=O)C1=C(C)N=c2s/c(=C\c3cc(Cl)c(OCC)c(Br)c3)c(=O)n2[C@@H]1c1ccc(OC(C)C)c(OC)c1. The summed E-state index contributed by atoms with van der Waals surface area (Å²) in [4.78, 5) is 32.2. The number of thiazole rings is 1. The Labute approximate surface area is 249 Å². The fourth-order valence-corrected chi connectivity index (χ4v) is 6.44. The third kappa shape index (κ3) is 5.99. The van der Waals surface area contributed by atoms with Crippen molar-refractivity contribution in [2.24, 2.45) is 4.99 Å². The van der Waals surface area contributed by atoms with E-state index in [0.29, 0.717) is 59.5 Å². The summed E-state index contributed by atoms with van der Waals surface area (Å²) in [5.41, 5.74) is 1.83. The number of esters is 1. The normalized spacial score (nSPS) is 15.1. The fraction of sp³-hybridized carbons (Fsp3) is 0.345. The Morgan fingerprint density at radius 2 is 1.95 bits per heavy atom. The quantitative estimate of drug-likeness (QED) is 0.288. The van der Waals surface area contributed by atoms with Crippen LogP contribution < -0.4 is 29.1 Å². The first kappa shape index (κ1) is 29.9. The van der Waals surface area contributed by atoms with Crippen molar-refractivity contribution in [3.63, 3.8) is 0 Å². The van der Waals surface area contributed by atoms with Gasteiger partial charge in [-0.2, -0.15) is 0 Å². The minimum absolute atomic E-state index is 0.0641. The molecule has 1 aliphatic heterocycles. The molecule has 2 heterocycles. The third-order valence-electron chi connectivity index (χ3n) is 5.99. The van der Waals surface area contributed by atoms with Crippen LogP contribution in [0.25, 0.3) is 6.08 Å². The molecule has 0 bridgehead atoms. The molecule has 2 aromatic carbocycles. The van der Waals surface area contributed by atoms with Crippen LogP contribution >= 0.6 is 38.9 Å². The summed E-state index contributed by atoms with van der Waals surface area (Å²) in [7, 11) is 1.55. The Hall–Kier alpha value is -3.08. The highest BCUT2D eigenvalue weighted by atomic mass is 79.9. The van der Waals surface area contributed by atoms with Gasteiger partial charge in [-0.05, 0) is 92.0 Å². The first-order chi connectivity index (χ1) is 19.1. The number of ether oxygens (including phenoxy) is 4. The van der Waals surface area contributed by atoms with Crippen LogP contribution in [0.1, 0.15) is 51.8 Å². The van der Waals surface area contributed by atoms with E-state index in [9.17, 15) is 9.59 Å². The second-order valence-corrected chi connectivity index (χ2v) is 11.4. The van der Waals surface area contributed by atoms with E-state index >= 15 is 0 Å². The average molecular weight is 650 g/mol. The maximum atomic E-state index is 13.9. The number of rotatable bonds is 9. The average Bonchev–Trinajstić information content (AvgIpc) is 3.19. The molecular weight excluding hydrogens is 620 g/mol. The van der Waals surface area contributed by atoms with Gasteiger partial charge in [0, 0.05) is 0 Å². The second-order valence-electron chi connectivity index (χ2n) is 9.13. The topological polar surface area (TPSA) is 88.4 Å². The Morgan fingerprint density at radius 1 is 1.20 bits per heavy atom. The highest BCUT2D eigenvalue weighted by Gasteiger charge is 2.34. The highest BCUT2D eigenvalue weighted by Crippen LogP contribution is 2.37. The lowest BCUT2D eigenvalue weighted by molar-refractivity contribution is -0.139. The van der Waals surface area contributed by atoms with Crippen LogP contribution in [0.15, 0.2) is 55.9 Å². The van der Waals surface area contributed by atoms with Crippen molar-refractivity contribution in [2.45, 2.75) is 46.8 Å². The molecule has 1 aromatic heterocycles. The van der Waals surface area contributed by atoms with Gasteiger partial charge in [0.05, 0.1) is 57.8 Å². The molecule has 0 saturated carbocycles. The lowest BCUT2D eigenvalue weighted by Crippen LogP contribution is -2.40. The van der Waals surface area contributed by atoms with Crippen LogP contribution in [0.2, 0.25) is 5.02 Å². The molecule has 1 aliphatic rings. The zero-order valence-corrected chi connectivity index (χ0v) is 26.2. The predicted molar refractivity (Wildman–Crippen MR) is 159 cm³/mol. The van der Waals surface area contributed by atoms with E-state index in [-0.39, 0.29) is 23.8 Å². The predicted octanol–water partition coefficient (Wildman–Crippen LogP) is 5.41. The van der Waals surface area contributed by atoms with Crippen LogP contribution in [0.5, 0.6) is 17.2 Å². The first-order valence-electron chi connectivity index (χ1n) is 12.8. The summed E-state index contributed by atoms with van der Waals surface area (Å²) >= 11 is 11.2. The second kappa shape index (κ2) is 12.6. The number of carbonyl (C=O) groups is 1. The Bertz CT molecular complexity index is 1640. The molecule has 0 radical (unpaired) electrons. The summed E-state index contributed by atoms with van der Waals surface area (Å²) in [5.74, 6) is 1.05. The summed E-state index contributed by atoms with van der Waals surface area (Å²) in [5, 5.41) is 0.421. The van der Waals surface area contributed by atoms with Gasteiger partial charge >= 0.3 is 5.97 Å². The van der Waals surface area contributed by atoms with Crippen molar-refractivity contribution in [1.82, 2.24) is 4.57 Å². The van der Waals surface area contributed by atoms with Crippen LogP contribution in [0.3, 0.4) is 0 Å². The van der Waals surface area contributed by atoms with E-state index in [1.165, 1.54) is 15.9 Å². The summed E-state index contributed by atoms with van der Waals surface area (Å²) in [6, 6.07) is 8.17. The molecule has 0 saturated heterocycles. The maximum Gasteiger partial charge on any atom is 0.338 e. The molecule has 0 N–H and O–H groups in total. The van der Waals surface area contributed by atoms with Gasteiger partial charge in [0.15, 0.2) is 22.0 Å². The first-order valence-corrected chi connectivity index (χ1v) is 14.7. The number of halogens is 2. The van der Waals surface area contributed by atoms with Gasteiger partial charge in [-0.15, -0.1) is 0 Å². The van der Waals surface area contributed by atoms with Crippen molar-refractivity contribution < 1.29 is 23.7 Å². The van der Waals surface area contributed by atoms with E-state index in [0.717, 1.165) is 0 Å². The highest BCUT2D eigenvalue weighted by molar-refractivity contribution is 9.10. The molecule has 0 unspecified atom stereocenters. The molecule has 3 aromatic rings. The molecule has 4 rings (SSSR count). The van der Waals surface area contributed by atoms with Crippen molar-refractivity contribution in [3.05, 3.63) is 81.9 Å². The van der Waals surface area contributed by atoms with Crippen LogP contribution in [0, 0.1) is 0 Å². The van der Waals surface area contributed by atoms with Gasteiger partial charge < -0.3 is 18.9 Å². The van der Waals surface area contributed by atoms with Gasteiger partial charge in [0.25, 0.3) is 5.56 Å². The molecule has 11 heteroatoms. The van der Waals surface area contributed by atoms with Crippen LogP contribution in [-0.4, -0.2) is 37.0 Å². The van der Waals surface area contributed by atoms with Gasteiger partial charge in [-0.25, -0.2) is 9.79 Å². The van der Waals surface area contributed by atoms with Gasteiger partial charge in [0.1, 0.15) is 0 Å². The number of carbonyl (C=O) groups excluding carboxylic acids is 1. The number of aromatic nitrogens is 1. The third-order valence-corrected chi connectivity index (χ3v) is 7.84. The van der Waals surface area contributed by atoms with Gasteiger partial charge in [0.2, 0.25) is 0 Å². The van der Waals surface area contributed by atoms with E-state index in [1.807, 2.05) is 32.9 Å². The number of hydrogen-bond acceptors (Lipinski definition) is 8. The number of allylic oxidation sites excluding steroid dienone is 1.